The molecule has 0 spiro atoms. The van der Waals surface area contributed by atoms with Crippen LogP contribution in [0.3, 0.4) is 0 Å². The van der Waals surface area contributed by atoms with Gasteiger partial charge in [-0.25, -0.2) is 0 Å². The van der Waals surface area contributed by atoms with Crippen LogP contribution >= 0.6 is 0 Å². The van der Waals surface area contributed by atoms with E-state index < -0.39 is 0 Å². The highest BCUT2D eigenvalue weighted by Gasteiger charge is 2.15. The molecule has 4 nitrogen and oxygen atoms in total. The van der Waals surface area contributed by atoms with E-state index in [0.717, 1.165) is 49.8 Å². The van der Waals surface area contributed by atoms with Gasteiger partial charge in [-0.3, -0.25) is 9.91 Å². The van der Waals surface area contributed by atoms with Crippen LogP contribution in [0.15, 0.2) is 90.0 Å². The standard InChI is InChI=1S/C24H25N3O/c1-3-8-21(9-4-1)20-26-14-16-27(17-15-26)25-19-22-10-7-13-24(18-22)28-23-11-5-2-6-12-23/h1-13,18-19H,14-17,20H2/b25-19-. The van der Waals surface area contributed by atoms with E-state index in [2.05, 4.69) is 45.3 Å². The molecule has 0 aliphatic carbocycles. The first-order valence-corrected chi connectivity index (χ1v) is 9.73. The molecule has 1 saturated heterocycles. The van der Waals surface area contributed by atoms with Gasteiger partial charge in [0.1, 0.15) is 11.5 Å². The van der Waals surface area contributed by atoms with Crippen LogP contribution in [0.4, 0.5) is 0 Å². The maximum atomic E-state index is 5.90. The average molecular weight is 371 g/mol. The predicted molar refractivity (Wildman–Crippen MR) is 114 cm³/mol. The molecule has 28 heavy (non-hydrogen) atoms. The van der Waals surface area contributed by atoms with Crippen molar-refractivity contribution < 1.29 is 4.74 Å². The van der Waals surface area contributed by atoms with Gasteiger partial charge in [0.05, 0.1) is 6.21 Å². The first kappa shape index (κ1) is 18.3. The van der Waals surface area contributed by atoms with Crippen molar-refractivity contribution >= 4 is 6.21 Å². The highest BCUT2D eigenvalue weighted by atomic mass is 16.5. The number of hydrazone groups is 1. The van der Waals surface area contributed by atoms with Crippen LogP contribution in [-0.2, 0) is 6.54 Å². The number of benzene rings is 3. The molecule has 1 heterocycles. The minimum Gasteiger partial charge on any atom is -0.457 e. The van der Waals surface area contributed by atoms with Gasteiger partial charge in [0.15, 0.2) is 0 Å². The van der Waals surface area contributed by atoms with Gasteiger partial charge in [-0.1, -0.05) is 60.7 Å². The second-order valence-electron chi connectivity index (χ2n) is 6.95. The van der Waals surface area contributed by atoms with Crippen LogP contribution in [0.25, 0.3) is 0 Å². The fraction of sp³-hybridized carbons (Fsp3) is 0.208. The molecule has 0 N–H and O–H groups in total. The fourth-order valence-electron chi connectivity index (χ4n) is 3.28. The summed E-state index contributed by atoms with van der Waals surface area (Å²) in [5.74, 6) is 1.66. The summed E-state index contributed by atoms with van der Waals surface area (Å²) in [5, 5.41) is 6.81. The lowest BCUT2D eigenvalue weighted by Gasteiger charge is -2.33. The van der Waals surface area contributed by atoms with E-state index in [4.69, 9.17) is 4.74 Å². The van der Waals surface area contributed by atoms with Gasteiger partial charge in [-0.2, -0.15) is 5.10 Å². The molecular weight excluding hydrogens is 346 g/mol. The molecule has 0 amide bonds. The molecule has 0 aromatic heterocycles. The number of nitrogens with zero attached hydrogens (tertiary/aromatic N) is 3. The Balaban J connectivity index is 1.30. The topological polar surface area (TPSA) is 28.1 Å². The normalized spacial score (nSPS) is 15.1. The average Bonchev–Trinajstić information content (AvgIpc) is 2.75. The van der Waals surface area contributed by atoms with E-state index in [-0.39, 0.29) is 0 Å². The van der Waals surface area contributed by atoms with Crippen molar-refractivity contribution in [2.75, 3.05) is 26.2 Å². The Morgan fingerprint density at radius 2 is 1.43 bits per heavy atom. The van der Waals surface area contributed by atoms with E-state index in [1.807, 2.05) is 60.8 Å². The lowest BCUT2D eigenvalue weighted by molar-refractivity contribution is 0.131. The predicted octanol–water partition coefficient (Wildman–Crippen LogP) is 4.63. The van der Waals surface area contributed by atoms with Crippen molar-refractivity contribution in [3.8, 4) is 11.5 Å². The molecule has 0 atom stereocenters. The minimum atomic E-state index is 0.822. The molecule has 4 heteroatoms. The smallest absolute Gasteiger partial charge is 0.128 e. The van der Waals surface area contributed by atoms with Crippen LogP contribution < -0.4 is 4.74 Å². The zero-order chi connectivity index (χ0) is 19.0. The number of hydrogen-bond acceptors (Lipinski definition) is 4. The second-order valence-corrected chi connectivity index (χ2v) is 6.95. The molecule has 1 fully saturated rings. The van der Waals surface area contributed by atoms with Gasteiger partial charge in [-0.05, 0) is 35.4 Å². The molecule has 3 aromatic carbocycles. The maximum absolute atomic E-state index is 5.90. The van der Waals surface area contributed by atoms with Gasteiger partial charge < -0.3 is 4.74 Å². The zero-order valence-electron chi connectivity index (χ0n) is 15.9. The van der Waals surface area contributed by atoms with Crippen LogP contribution in [-0.4, -0.2) is 42.3 Å². The van der Waals surface area contributed by atoms with E-state index >= 15 is 0 Å². The van der Waals surface area contributed by atoms with E-state index in [1.54, 1.807) is 0 Å². The molecule has 0 saturated carbocycles. The Hall–Kier alpha value is -3.11. The highest BCUT2D eigenvalue weighted by Crippen LogP contribution is 2.21. The quantitative estimate of drug-likeness (QED) is 0.591. The van der Waals surface area contributed by atoms with E-state index in [1.165, 1.54) is 5.56 Å². The van der Waals surface area contributed by atoms with Crippen LogP contribution in [0.1, 0.15) is 11.1 Å². The van der Waals surface area contributed by atoms with Crippen molar-refractivity contribution in [2.24, 2.45) is 5.10 Å². The van der Waals surface area contributed by atoms with Crippen molar-refractivity contribution in [3.05, 3.63) is 96.1 Å². The number of rotatable bonds is 6. The summed E-state index contributed by atoms with van der Waals surface area (Å²) < 4.78 is 5.90. The molecule has 4 rings (SSSR count). The largest absolute Gasteiger partial charge is 0.457 e. The van der Waals surface area contributed by atoms with Gasteiger partial charge >= 0.3 is 0 Å². The monoisotopic (exact) mass is 371 g/mol. The van der Waals surface area contributed by atoms with Gasteiger partial charge in [0, 0.05) is 32.7 Å². The Morgan fingerprint density at radius 3 is 2.18 bits per heavy atom. The lowest BCUT2D eigenvalue weighted by atomic mass is 10.2. The Labute approximate surface area is 166 Å². The third kappa shape index (κ3) is 5.21. The first-order valence-electron chi connectivity index (χ1n) is 9.73. The van der Waals surface area contributed by atoms with Crippen LogP contribution in [0.5, 0.6) is 11.5 Å². The second kappa shape index (κ2) is 9.20. The third-order valence-corrected chi connectivity index (χ3v) is 4.80. The van der Waals surface area contributed by atoms with Gasteiger partial charge in [0.2, 0.25) is 0 Å². The van der Waals surface area contributed by atoms with Crippen molar-refractivity contribution in [1.29, 1.82) is 0 Å². The molecule has 3 aromatic rings. The summed E-state index contributed by atoms with van der Waals surface area (Å²) in [4.78, 5) is 2.48. The summed E-state index contributed by atoms with van der Waals surface area (Å²) in [6.07, 6.45) is 1.92. The molecule has 0 radical (unpaired) electrons. The van der Waals surface area contributed by atoms with E-state index in [9.17, 15) is 0 Å². The molecule has 0 unspecified atom stereocenters. The number of piperazine rings is 1. The first-order chi connectivity index (χ1) is 13.8. The summed E-state index contributed by atoms with van der Waals surface area (Å²) in [6.45, 7) is 4.97. The number of ether oxygens (including phenoxy) is 1. The molecule has 142 valence electrons. The Kier molecular flexibility index (Phi) is 6.00. The summed E-state index contributed by atoms with van der Waals surface area (Å²) >= 11 is 0. The number of hydrogen-bond donors (Lipinski definition) is 0. The van der Waals surface area contributed by atoms with Crippen molar-refractivity contribution in [1.82, 2.24) is 9.91 Å². The Bertz CT molecular complexity index is 888. The minimum absolute atomic E-state index is 0.822. The summed E-state index contributed by atoms with van der Waals surface area (Å²) in [7, 11) is 0. The summed E-state index contributed by atoms with van der Waals surface area (Å²) in [5.41, 5.74) is 2.41. The SMILES string of the molecule is C(=N/N1CCN(Cc2ccccc2)CC1)/c1cccc(Oc2ccccc2)c1. The molecule has 0 bridgehead atoms. The number of para-hydroxylation sites is 1. The Morgan fingerprint density at radius 1 is 0.750 bits per heavy atom. The van der Waals surface area contributed by atoms with Gasteiger partial charge in [-0.15, -0.1) is 0 Å². The molecular formula is C24H25N3O. The van der Waals surface area contributed by atoms with Crippen molar-refractivity contribution in [3.63, 3.8) is 0 Å². The maximum Gasteiger partial charge on any atom is 0.128 e. The van der Waals surface area contributed by atoms with Crippen LogP contribution in [0.2, 0.25) is 0 Å². The zero-order valence-corrected chi connectivity index (χ0v) is 15.9. The fourth-order valence-corrected chi connectivity index (χ4v) is 3.28. The van der Waals surface area contributed by atoms with Crippen molar-refractivity contribution in [2.45, 2.75) is 6.54 Å². The molecule has 1 aliphatic heterocycles. The summed E-state index contributed by atoms with van der Waals surface area (Å²) in [6, 6.07) is 28.5. The van der Waals surface area contributed by atoms with Gasteiger partial charge in [0.25, 0.3) is 0 Å². The van der Waals surface area contributed by atoms with Crippen LogP contribution in [0, 0.1) is 0 Å². The van der Waals surface area contributed by atoms with E-state index in [0.29, 0.717) is 0 Å². The lowest BCUT2D eigenvalue weighted by Crippen LogP contribution is -2.43. The molecule has 1 aliphatic rings. The highest BCUT2D eigenvalue weighted by molar-refractivity contribution is 5.80. The third-order valence-electron chi connectivity index (χ3n) is 4.80.